The SMILES string of the molecule is O=C(O)CCCCCS(=O)C1CCCC1. The second-order valence-electron chi connectivity index (χ2n) is 4.20. The molecule has 0 aromatic heterocycles. The van der Waals surface area contributed by atoms with E-state index in [9.17, 15) is 9.00 Å². The third kappa shape index (κ3) is 5.30. The van der Waals surface area contributed by atoms with Crippen molar-refractivity contribution in [1.82, 2.24) is 0 Å². The van der Waals surface area contributed by atoms with Gasteiger partial charge in [0.05, 0.1) is 0 Å². The lowest BCUT2D eigenvalue weighted by molar-refractivity contribution is -0.137. The molecule has 0 amide bonds. The molecule has 1 rings (SSSR count). The smallest absolute Gasteiger partial charge is 0.303 e. The lowest BCUT2D eigenvalue weighted by Crippen LogP contribution is -2.13. The minimum atomic E-state index is -0.730. The Morgan fingerprint density at radius 2 is 1.87 bits per heavy atom. The number of carbonyl (C=O) groups is 1. The third-order valence-corrected chi connectivity index (χ3v) is 4.82. The zero-order chi connectivity index (χ0) is 11.1. The van der Waals surface area contributed by atoms with E-state index >= 15 is 0 Å². The summed E-state index contributed by atoms with van der Waals surface area (Å²) in [7, 11) is -0.657. The number of rotatable bonds is 7. The van der Waals surface area contributed by atoms with Crippen molar-refractivity contribution in [2.24, 2.45) is 0 Å². The lowest BCUT2D eigenvalue weighted by Gasteiger charge is -2.08. The Balaban J connectivity index is 1.99. The topological polar surface area (TPSA) is 54.4 Å². The van der Waals surface area contributed by atoms with Crippen LogP contribution in [0.2, 0.25) is 0 Å². The van der Waals surface area contributed by atoms with E-state index in [-0.39, 0.29) is 6.42 Å². The van der Waals surface area contributed by atoms with Crippen LogP contribution in [0.5, 0.6) is 0 Å². The molecular weight excluding hydrogens is 212 g/mol. The lowest BCUT2D eigenvalue weighted by atomic mass is 10.2. The van der Waals surface area contributed by atoms with E-state index < -0.39 is 16.8 Å². The number of carboxylic acids is 1. The molecule has 0 heterocycles. The van der Waals surface area contributed by atoms with Gasteiger partial charge in [0.15, 0.2) is 0 Å². The van der Waals surface area contributed by atoms with Gasteiger partial charge in [-0.15, -0.1) is 0 Å². The van der Waals surface area contributed by atoms with Gasteiger partial charge in [-0.1, -0.05) is 19.3 Å². The molecule has 88 valence electrons. The van der Waals surface area contributed by atoms with E-state index in [2.05, 4.69) is 0 Å². The highest BCUT2D eigenvalue weighted by Crippen LogP contribution is 2.23. The van der Waals surface area contributed by atoms with Gasteiger partial charge in [-0.2, -0.15) is 0 Å². The fraction of sp³-hybridized carbons (Fsp3) is 0.909. The molecule has 0 saturated heterocycles. The number of hydrogen-bond acceptors (Lipinski definition) is 2. The van der Waals surface area contributed by atoms with Gasteiger partial charge in [0, 0.05) is 28.2 Å². The van der Waals surface area contributed by atoms with E-state index in [1.807, 2.05) is 0 Å². The number of hydrogen-bond donors (Lipinski definition) is 1. The summed E-state index contributed by atoms with van der Waals surface area (Å²) in [5, 5.41) is 8.87. The van der Waals surface area contributed by atoms with Gasteiger partial charge in [0.1, 0.15) is 0 Å². The predicted molar refractivity (Wildman–Crippen MR) is 61.4 cm³/mol. The van der Waals surface area contributed by atoms with Crippen molar-refractivity contribution < 1.29 is 14.1 Å². The minimum Gasteiger partial charge on any atom is -0.481 e. The highest BCUT2D eigenvalue weighted by Gasteiger charge is 2.20. The van der Waals surface area contributed by atoms with Crippen LogP contribution in [-0.2, 0) is 15.6 Å². The van der Waals surface area contributed by atoms with Crippen LogP contribution < -0.4 is 0 Å². The first-order valence-electron chi connectivity index (χ1n) is 5.79. The van der Waals surface area contributed by atoms with Crippen LogP contribution in [0.1, 0.15) is 51.4 Å². The molecular formula is C11H20O3S. The van der Waals surface area contributed by atoms with Crippen molar-refractivity contribution in [2.75, 3.05) is 5.75 Å². The van der Waals surface area contributed by atoms with E-state index in [0.29, 0.717) is 5.25 Å². The summed E-state index contributed by atoms with van der Waals surface area (Å²) < 4.78 is 11.7. The molecule has 3 nitrogen and oxygen atoms in total. The molecule has 1 saturated carbocycles. The molecule has 1 aliphatic rings. The van der Waals surface area contributed by atoms with Gasteiger partial charge >= 0.3 is 5.97 Å². The number of carboxylic acid groups (broad SMARTS) is 1. The average molecular weight is 232 g/mol. The molecule has 1 unspecified atom stereocenters. The largest absolute Gasteiger partial charge is 0.481 e. The average Bonchev–Trinajstić information content (AvgIpc) is 2.69. The van der Waals surface area contributed by atoms with Gasteiger partial charge in [0.25, 0.3) is 0 Å². The van der Waals surface area contributed by atoms with Gasteiger partial charge in [0.2, 0.25) is 0 Å². The Kier molecular flexibility index (Phi) is 5.91. The fourth-order valence-corrected chi connectivity index (χ4v) is 3.70. The predicted octanol–water partition coefficient (Wildman–Crippen LogP) is 2.32. The maximum Gasteiger partial charge on any atom is 0.303 e. The van der Waals surface area contributed by atoms with Crippen LogP contribution in [0, 0.1) is 0 Å². The first-order chi connectivity index (χ1) is 7.20. The second kappa shape index (κ2) is 6.99. The van der Waals surface area contributed by atoms with Crippen molar-refractivity contribution in [3.8, 4) is 0 Å². The van der Waals surface area contributed by atoms with Crippen LogP contribution >= 0.6 is 0 Å². The highest BCUT2D eigenvalue weighted by atomic mass is 32.2. The zero-order valence-corrected chi connectivity index (χ0v) is 9.93. The summed E-state index contributed by atoms with van der Waals surface area (Å²) in [6, 6.07) is 0. The van der Waals surface area contributed by atoms with Crippen LogP contribution in [0.4, 0.5) is 0 Å². The summed E-state index contributed by atoms with van der Waals surface area (Å²) >= 11 is 0. The molecule has 0 aromatic carbocycles. The highest BCUT2D eigenvalue weighted by molar-refractivity contribution is 7.85. The Hall–Kier alpha value is -0.380. The van der Waals surface area contributed by atoms with E-state index in [4.69, 9.17) is 5.11 Å². The quantitative estimate of drug-likeness (QED) is 0.685. The molecule has 0 bridgehead atoms. The van der Waals surface area contributed by atoms with Crippen molar-refractivity contribution >= 4 is 16.8 Å². The molecule has 1 aliphatic carbocycles. The summed E-state index contributed by atoms with van der Waals surface area (Å²) in [5.74, 6) is 0.0384. The fourth-order valence-electron chi connectivity index (χ4n) is 2.02. The van der Waals surface area contributed by atoms with Gasteiger partial charge in [-0.25, -0.2) is 0 Å². The van der Waals surface area contributed by atoms with E-state index in [0.717, 1.165) is 37.9 Å². The van der Waals surface area contributed by atoms with Crippen molar-refractivity contribution in [3.05, 3.63) is 0 Å². The Morgan fingerprint density at radius 1 is 1.20 bits per heavy atom. The minimum absolute atomic E-state index is 0.246. The molecule has 1 fully saturated rings. The monoisotopic (exact) mass is 232 g/mol. The standard InChI is InChI=1S/C11H20O3S/c12-11(13)8-2-1-5-9-15(14)10-6-3-4-7-10/h10H,1-9H2,(H,12,13). The molecule has 4 heteroatoms. The van der Waals surface area contributed by atoms with Gasteiger partial charge in [-0.05, 0) is 25.7 Å². The third-order valence-electron chi connectivity index (χ3n) is 2.91. The molecule has 0 radical (unpaired) electrons. The summed E-state index contributed by atoms with van der Waals surface area (Å²) in [5.41, 5.74) is 0. The van der Waals surface area contributed by atoms with Crippen molar-refractivity contribution in [3.63, 3.8) is 0 Å². The molecule has 0 spiro atoms. The van der Waals surface area contributed by atoms with Crippen LogP contribution in [-0.4, -0.2) is 26.3 Å². The first-order valence-corrected chi connectivity index (χ1v) is 7.17. The number of aliphatic carboxylic acids is 1. The zero-order valence-electron chi connectivity index (χ0n) is 9.11. The van der Waals surface area contributed by atoms with E-state index in [1.54, 1.807) is 0 Å². The molecule has 0 aromatic rings. The summed E-state index contributed by atoms with van der Waals surface area (Å²) in [6.45, 7) is 0. The Morgan fingerprint density at radius 3 is 2.47 bits per heavy atom. The maximum atomic E-state index is 11.7. The van der Waals surface area contributed by atoms with Crippen LogP contribution in [0.25, 0.3) is 0 Å². The molecule has 0 aliphatic heterocycles. The van der Waals surface area contributed by atoms with E-state index in [1.165, 1.54) is 12.8 Å². The van der Waals surface area contributed by atoms with Crippen LogP contribution in [0.3, 0.4) is 0 Å². The Bertz CT molecular complexity index is 222. The maximum absolute atomic E-state index is 11.7. The summed E-state index contributed by atoms with van der Waals surface area (Å²) in [4.78, 5) is 10.2. The van der Waals surface area contributed by atoms with Crippen molar-refractivity contribution in [1.29, 1.82) is 0 Å². The second-order valence-corrected chi connectivity index (χ2v) is 6.03. The first kappa shape index (κ1) is 12.7. The normalized spacial score (nSPS) is 19.2. The van der Waals surface area contributed by atoms with Gasteiger partial charge in [-0.3, -0.25) is 9.00 Å². The van der Waals surface area contributed by atoms with Crippen LogP contribution in [0.15, 0.2) is 0 Å². The summed E-state index contributed by atoms with van der Waals surface area (Å²) in [6.07, 6.45) is 7.49. The number of unbranched alkanes of at least 4 members (excludes halogenated alkanes) is 2. The molecule has 1 atom stereocenters. The molecule has 1 N–H and O–H groups in total. The van der Waals surface area contributed by atoms with Gasteiger partial charge < -0.3 is 5.11 Å². The molecule has 15 heavy (non-hydrogen) atoms. The Labute approximate surface area is 93.7 Å². The van der Waals surface area contributed by atoms with Crippen molar-refractivity contribution in [2.45, 2.75) is 56.6 Å².